The molecule has 3 saturated heterocycles. The fraction of sp³-hybridized carbons (Fsp3) is 0.652. The molecule has 2 amide bonds. The molecular weight excluding hydrogens is 378 g/mol. The zero-order valence-corrected chi connectivity index (χ0v) is 17.9. The smallest absolute Gasteiger partial charge is 0.242 e. The molecule has 1 N–H and O–H groups in total. The molecule has 5 rings (SSSR count). The Labute approximate surface area is 178 Å². The molecule has 1 saturated carbocycles. The van der Waals surface area contributed by atoms with Crippen molar-refractivity contribution in [1.82, 2.24) is 25.1 Å². The van der Waals surface area contributed by atoms with Crippen LogP contribution in [-0.2, 0) is 16.1 Å². The molecular formula is C23H33N5O2. The fourth-order valence-electron chi connectivity index (χ4n) is 5.80. The first-order chi connectivity index (χ1) is 14.6. The van der Waals surface area contributed by atoms with Crippen LogP contribution in [0.3, 0.4) is 0 Å². The zero-order valence-electron chi connectivity index (χ0n) is 17.9. The average Bonchev–Trinajstić information content (AvgIpc) is 3.27. The summed E-state index contributed by atoms with van der Waals surface area (Å²) in [4.78, 5) is 33.1. The van der Waals surface area contributed by atoms with Crippen molar-refractivity contribution in [2.24, 2.45) is 5.92 Å². The Morgan fingerprint density at radius 2 is 1.80 bits per heavy atom. The van der Waals surface area contributed by atoms with Gasteiger partial charge in [-0.25, -0.2) is 5.01 Å². The van der Waals surface area contributed by atoms with E-state index in [1.807, 2.05) is 23.1 Å². The van der Waals surface area contributed by atoms with Crippen LogP contribution in [-0.4, -0.2) is 89.4 Å². The van der Waals surface area contributed by atoms with Gasteiger partial charge in [0.25, 0.3) is 0 Å². The van der Waals surface area contributed by atoms with E-state index in [0.717, 1.165) is 64.0 Å². The molecule has 0 radical (unpaired) electrons. The van der Waals surface area contributed by atoms with Gasteiger partial charge in [-0.05, 0) is 38.3 Å². The largest absolute Gasteiger partial charge is 0.340 e. The first-order valence-electron chi connectivity index (χ1n) is 11.5. The van der Waals surface area contributed by atoms with Gasteiger partial charge < -0.3 is 14.7 Å². The molecule has 30 heavy (non-hydrogen) atoms. The van der Waals surface area contributed by atoms with Crippen LogP contribution in [0.2, 0.25) is 0 Å². The van der Waals surface area contributed by atoms with Crippen molar-refractivity contribution in [2.75, 3.05) is 39.8 Å². The molecule has 1 aromatic carbocycles. The summed E-state index contributed by atoms with van der Waals surface area (Å²) in [5.74, 6) is 0.544. The van der Waals surface area contributed by atoms with Crippen LogP contribution in [0.1, 0.15) is 31.2 Å². The third-order valence-electron chi connectivity index (χ3n) is 7.51. The first kappa shape index (κ1) is 20.0. The number of piperazine rings is 2. The lowest BCUT2D eigenvalue weighted by Crippen LogP contribution is -2.68. The molecule has 0 aromatic heterocycles. The summed E-state index contributed by atoms with van der Waals surface area (Å²) in [5, 5.41) is 2.23. The highest BCUT2D eigenvalue weighted by Gasteiger charge is 2.51. The Morgan fingerprint density at radius 3 is 2.57 bits per heavy atom. The highest BCUT2D eigenvalue weighted by molar-refractivity contribution is 5.84. The monoisotopic (exact) mass is 411 g/mol. The van der Waals surface area contributed by atoms with Crippen LogP contribution in [0.5, 0.6) is 0 Å². The molecule has 4 unspecified atom stereocenters. The highest BCUT2D eigenvalue weighted by atomic mass is 16.2. The Bertz CT molecular complexity index is 779. The second-order valence-corrected chi connectivity index (χ2v) is 9.34. The summed E-state index contributed by atoms with van der Waals surface area (Å²) < 4.78 is 0. The Balaban J connectivity index is 1.36. The summed E-state index contributed by atoms with van der Waals surface area (Å²) in [6.07, 6.45) is 3.54. The van der Waals surface area contributed by atoms with Gasteiger partial charge in [0, 0.05) is 57.3 Å². The number of nitrogens with one attached hydrogen (secondary N) is 1. The molecule has 4 aliphatic rings. The summed E-state index contributed by atoms with van der Waals surface area (Å²) in [6, 6.07) is 10.6. The maximum atomic E-state index is 13.4. The number of amides is 2. The van der Waals surface area contributed by atoms with Gasteiger partial charge in [0.15, 0.2) is 0 Å². The fourth-order valence-corrected chi connectivity index (χ4v) is 5.80. The lowest BCUT2D eigenvalue weighted by atomic mass is 9.78. The van der Waals surface area contributed by atoms with E-state index in [2.05, 4.69) is 39.4 Å². The molecule has 3 heterocycles. The Morgan fingerprint density at radius 1 is 1.03 bits per heavy atom. The van der Waals surface area contributed by atoms with Gasteiger partial charge >= 0.3 is 0 Å². The standard InChI is InChI=1S/C23H33N5O2/c1-25-11-13-26(14-12-25)22(29)18-7-8-19-21(15-18)27(16-17-5-3-2-4-6-17)23(30)20-9-10-24-28(19)20/h2-6,18-21,24H,7-16H2,1H3. The topological polar surface area (TPSA) is 59.1 Å². The van der Waals surface area contributed by atoms with E-state index >= 15 is 0 Å². The normalized spacial score (nSPS) is 32.8. The van der Waals surface area contributed by atoms with Crippen molar-refractivity contribution in [1.29, 1.82) is 0 Å². The first-order valence-corrected chi connectivity index (χ1v) is 11.5. The highest BCUT2D eigenvalue weighted by Crippen LogP contribution is 2.38. The number of hydrogen-bond donors (Lipinski definition) is 1. The number of carbonyl (C=O) groups is 2. The number of carbonyl (C=O) groups excluding carboxylic acids is 2. The average molecular weight is 412 g/mol. The van der Waals surface area contributed by atoms with Crippen LogP contribution in [0, 0.1) is 5.92 Å². The molecule has 0 spiro atoms. The molecule has 162 valence electrons. The number of benzene rings is 1. The van der Waals surface area contributed by atoms with E-state index in [4.69, 9.17) is 0 Å². The van der Waals surface area contributed by atoms with Gasteiger partial charge in [-0.1, -0.05) is 30.3 Å². The molecule has 7 nitrogen and oxygen atoms in total. The van der Waals surface area contributed by atoms with Crippen LogP contribution in [0.15, 0.2) is 30.3 Å². The number of nitrogens with zero attached hydrogens (tertiary/aromatic N) is 4. The Kier molecular flexibility index (Phi) is 5.52. The summed E-state index contributed by atoms with van der Waals surface area (Å²) in [7, 11) is 2.11. The van der Waals surface area contributed by atoms with Crippen molar-refractivity contribution in [3.05, 3.63) is 35.9 Å². The predicted octanol–water partition coefficient (Wildman–Crippen LogP) is 0.919. The van der Waals surface area contributed by atoms with Crippen molar-refractivity contribution in [3.63, 3.8) is 0 Å². The van der Waals surface area contributed by atoms with Crippen molar-refractivity contribution in [2.45, 2.75) is 50.4 Å². The lowest BCUT2D eigenvalue weighted by Gasteiger charge is -2.52. The van der Waals surface area contributed by atoms with E-state index in [-0.39, 0.29) is 23.9 Å². The van der Waals surface area contributed by atoms with Crippen LogP contribution in [0.25, 0.3) is 0 Å². The van der Waals surface area contributed by atoms with Crippen molar-refractivity contribution < 1.29 is 9.59 Å². The van der Waals surface area contributed by atoms with Crippen LogP contribution < -0.4 is 5.43 Å². The molecule has 1 aliphatic carbocycles. The van der Waals surface area contributed by atoms with E-state index in [9.17, 15) is 9.59 Å². The number of fused-ring (bicyclic) bond motifs is 3. The summed E-state index contributed by atoms with van der Waals surface area (Å²) in [5.41, 5.74) is 4.63. The molecule has 4 atom stereocenters. The zero-order chi connectivity index (χ0) is 20.7. The molecule has 0 bridgehead atoms. The van der Waals surface area contributed by atoms with Crippen LogP contribution >= 0.6 is 0 Å². The Hall–Kier alpha value is -1.96. The minimum Gasteiger partial charge on any atom is -0.340 e. The van der Waals surface area contributed by atoms with E-state index < -0.39 is 0 Å². The molecule has 1 aromatic rings. The number of hydrazine groups is 1. The maximum absolute atomic E-state index is 13.4. The number of likely N-dealkylation sites (N-methyl/N-ethyl adjacent to an activating group) is 1. The maximum Gasteiger partial charge on any atom is 0.242 e. The van der Waals surface area contributed by atoms with Crippen molar-refractivity contribution >= 4 is 11.8 Å². The summed E-state index contributed by atoms with van der Waals surface area (Å²) >= 11 is 0. The lowest BCUT2D eigenvalue weighted by molar-refractivity contribution is -0.159. The molecule has 4 fully saturated rings. The van der Waals surface area contributed by atoms with Gasteiger partial charge in [0.05, 0.1) is 0 Å². The van der Waals surface area contributed by atoms with Gasteiger partial charge in [0.1, 0.15) is 6.04 Å². The summed E-state index contributed by atoms with van der Waals surface area (Å²) in [6.45, 7) is 5.04. The van der Waals surface area contributed by atoms with Crippen LogP contribution in [0.4, 0.5) is 0 Å². The number of rotatable bonds is 3. The van der Waals surface area contributed by atoms with Gasteiger partial charge in [-0.2, -0.15) is 0 Å². The molecule has 3 aliphatic heterocycles. The quantitative estimate of drug-likeness (QED) is 0.802. The predicted molar refractivity (Wildman–Crippen MR) is 114 cm³/mol. The minimum atomic E-state index is -0.0557. The minimum absolute atomic E-state index is 0.0277. The SMILES string of the molecule is CN1CCN(C(=O)C2CCC3C(C2)N(Cc2ccccc2)C(=O)C2CCNN23)CC1. The van der Waals surface area contributed by atoms with Gasteiger partial charge in [0.2, 0.25) is 11.8 Å². The van der Waals surface area contributed by atoms with Gasteiger partial charge in [-0.15, -0.1) is 0 Å². The third-order valence-corrected chi connectivity index (χ3v) is 7.51. The molecule has 7 heteroatoms. The van der Waals surface area contributed by atoms with Crippen molar-refractivity contribution in [3.8, 4) is 0 Å². The third kappa shape index (κ3) is 3.63. The van der Waals surface area contributed by atoms with E-state index in [1.165, 1.54) is 0 Å². The van der Waals surface area contributed by atoms with Gasteiger partial charge in [-0.3, -0.25) is 15.0 Å². The van der Waals surface area contributed by atoms with E-state index in [0.29, 0.717) is 18.5 Å². The van der Waals surface area contributed by atoms with E-state index in [1.54, 1.807) is 0 Å². The second-order valence-electron chi connectivity index (χ2n) is 9.34. The number of hydrogen-bond acceptors (Lipinski definition) is 5. The second kappa shape index (κ2) is 8.29.